The molecule has 0 fully saturated rings. The Morgan fingerprint density at radius 3 is 2.69 bits per heavy atom. The second kappa shape index (κ2) is 3.74. The van der Waals surface area contributed by atoms with Crippen LogP contribution in [0.1, 0.15) is 18.2 Å². The summed E-state index contributed by atoms with van der Waals surface area (Å²) in [7, 11) is 1.75. The van der Waals surface area contributed by atoms with E-state index < -0.39 is 0 Å². The maximum atomic E-state index is 5.83. The van der Waals surface area contributed by atoms with Crippen molar-refractivity contribution in [3.05, 3.63) is 11.3 Å². The highest BCUT2D eigenvalue weighted by atomic mass is 32.1. The Balaban J connectivity index is 3.17. The lowest BCUT2D eigenvalue weighted by atomic mass is 10.2. The van der Waals surface area contributed by atoms with Gasteiger partial charge in [0.2, 0.25) is 0 Å². The Bertz CT molecular complexity index is 329. The van der Waals surface area contributed by atoms with Crippen LogP contribution in [0.15, 0.2) is 0 Å². The minimum atomic E-state index is 0.528. The van der Waals surface area contributed by atoms with Crippen molar-refractivity contribution in [2.45, 2.75) is 20.3 Å². The molecule has 0 unspecified atom stereocenters. The van der Waals surface area contributed by atoms with E-state index in [4.69, 9.17) is 18.0 Å². The van der Waals surface area contributed by atoms with Gasteiger partial charge >= 0.3 is 0 Å². The summed E-state index contributed by atoms with van der Waals surface area (Å²) < 4.78 is 1.56. The molecule has 4 nitrogen and oxygen atoms in total. The van der Waals surface area contributed by atoms with E-state index in [2.05, 4.69) is 10.4 Å². The van der Waals surface area contributed by atoms with Crippen LogP contribution in [-0.4, -0.2) is 21.9 Å². The summed E-state index contributed by atoms with van der Waals surface area (Å²) in [6.07, 6.45) is 0.870. The van der Waals surface area contributed by atoms with Gasteiger partial charge in [0.25, 0.3) is 0 Å². The Hall–Kier alpha value is -1.10. The van der Waals surface area contributed by atoms with Gasteiger partial charge in [0, 0.05) is 12.6 Å². The van der Waals surface area contributed by atoms with Crippen LogP contribution in [0, 0.1) is 6.92 Å². The van der Waals surface area contributed by atoms with E-state index in [0.717, 1.165) is 17.7 Å². The molecule has 72 valence electrons. The summed E-state index contributed by atoms with van der Waals surface area (Å²) in [5.74, 6) is 0.621. The van der Waals surface area contributed by atoms with Gasteiger partial charge in [-0.3, -0.25) is 0 Å². The van der Waals surface area contributed by atoms with Crippen molar-refractivity contribution in [3.8, 4) is 0 Å². The summed E-state index contributed by atoms with van der Waals surface area (Å²) in [6.45, 7) is 4.00. The Morgan fingerprint density at radius 1 is 1.69 bits per heavy atom. The van der Waals surface area contributed by atoms with Gasteiger partial charge in [-0.1, -0.05) is 6.92 Å². The molecule has 0 aliphatic rings. The van der Waals surface area contributed by atoms with E-state index >= 15 is 0 Å². The number of aryl methyl sites for hydroxylation is 1. The van der Waals surface area contributed by atoms with E-state index in [9.17, 15) is 0 Å². The molecule has 0 aliphatic heterocycles. The third-order valence-electron chi connectivity index (χ3n) is 2.01. The van der Waals surface area contributed by atoms with Crippen molar-refractivity contribution in [2.75, 3.05) is 12.8 Å². The summed E-state index contributed by atoms with van der Waals surface area (Å²) >= 11 is 5.04. The van der Waals surface area contributed by atoms with Gasteiger partial charge in [0.05, 0.1) is 5.69 Å². The van der Waals surface area contributed by atoms with Gasteiger partial charge in [-0.25, -0.2) is 0 Å². The zero-order chi connectivity index (χ0) is 10.0. The Labute approximate surface area is 83.1 Å². The molecule has 1 aromatic heterocycles. The fourth-order valence-electron chi connectivity index (χ4n) is 1.15. The molecule has 0 bridgehead atoms. The number of rotatable bonds is 1. The topological polar surface area (TPSA) is 55.9 Å². The van der Waals surface area contributed by atoms with E-state index in [1.54, 1.807) is 11.7 Å². The predicted octanol–water partition coefficient (Wildman–Crippen LogP) is 0.689. The van der Waals surface area contributed by atoms with Crippen molar-refractivity contribution in [1.29, 1.82) is 0 Å². The Kier molecular flexibility index (Phi) is 2.87. The average molecular weight is 198 g/mol. The fraction of sp³-hybridized carbons (Fsp3) is 0.500. The highest BCUT2D eigenvalue weighted by Crippen LogP contribution is 2.15. The van der Waals surface area contributed by atoms with Crippen LogP contribution in [0.25, 0.3) is 0 Å². The van der Waals surface area contributed by atoms with Crippen LogP contribution < -0.4 is 11.1 Å². The maximum Gasteiger partial charge on any atom is 0.195 e. The second-order valence-electron chi connectivity index (χ2n) is 2.78. The first kappa shape index (κ1) is 9.98. The van der Waals surface area contributed by atoms with Crippen LogP contribution >= 0.6 is 12.2 Å². The molecule has 13 heavy (non-hydrogen) atoms. The largest absolute Gasteiger partial charge is 0.383 e. The Morgan fingerprint density at radius 2 is 2.31 bits per heavy atom. The zero-order valence-corrected chi connectivity index (χ0v) is 8.90. The van der Waals surface area contributed by atoms with E-state index in [0.29, 0.717) is 10.9 Å². The first-order valence-corrected chi connectivity index (χ1v) is 4.58. The molecule has 0 aliphatic carbocycles. The molecule has 0 atom stereocenters. The molecule has 1 rings (SSSR count). The second-order valence-corrected chi connectivity index (χ2v) is 3.16. The van der Waals surface area contributed by atoms with Gasteiger partial charge < -0.3 is 11.1 Å². The highest BCUT2D eigenvalue weighted by molar-refractivity contribution is 7.80. The average Bonchev–Trinajstić information content (AvgIpc) is 2.43. The summed E-state index contributed by atoms with van der Waals surface area (Å²) in [6, 6.07) is 0. The van der Waals surface area contributed by atoms with Crippen molar-refractivity contribution >= 4 is 23.1 Å². The van der Waals surface area contributed by atoms with Crippen molar-refractivity contribution in [2.24, 2.45) is 0 Å². The number of aromatic nitrogens is 2. The van der Waals surface area contributed by atoms with E-state index in [1.807, 2.05) is 13.8 Å². The lowest BCUT2D eigenvalue weighted by Crippen LogP contribution is -2.26. The normalized spacial score (nSPS) is 10.1. The van der Waals surface area contributed by atoms with Gasteiger partial charge in [-0.2, -0.15) is 9.78 Å². The van der Waals surface area contributed by atoms with Gasteiger partial charge in [0.15, 0.2) is 5.11 Å². The van der Waals surface area contributed by atoms with Crippen molar-refractivity contribution in [3.63, 3.8) is 0 Å². The molecule has 3 N–H and O–H groups in total. The lowest BCUT2D eigenvalue weighted by Gasteiger charge is -2.03. The maximum absolute atomic E-state index is 5.83. The third kappa shape index (κ3) is 1.65. The molecule has 0 amide bonds. The molecule has 0 spiro atoms. The minimum absolute atomic E-state index is 0.528. The molecule has 0 radical (unpaired) electrons. The number of hydrogen-bond donors (Lipinski definition) is 2. The first-order chi connectivity index (χ1) is 6.11. The highest BCUT2D eigenvalue weighted by Gasteiger charge is 2.11. The van der Waals surface area contributed by atoms with Gasteiger partial charge in [-0.05, 0) is 25.6 Å². The molecule has 5 heteroatoms. The predicted molar refractivity (Wildman–Crippen MR) is 57.8 cm³/mol. The molecule has 1 heterocycles. The minimum Gasteiger partial charge on any atom is -0.383 e. The smallest absolute Gasteiger partial charge is 0.195 e. The molecule has 0 saturated heterocycles. The number of thiocarbonyl (C=S) groups is 1. The summed E-state index contributed by atoms with van der Waals surface area (Å²) in [4.78, 5) is 0. The van der Waals surface area contributed by atoms with Crippen molar-refractivity contribution in [1.82, 2.24) is 15.1 Å². The van der Waals surface area contributed by atoms with Gasteiger partial charge in [-0.15, -0.1) is 0 Å². The van der Waals surface area contributed by atoms with E-state index in [-0.39, 0.29) is 0 Å². The number of hydrogen-bond acceptors (Lipinski definition) is 3. The first-order valence-electron chi connectivity index (χ1n) is 4.17. The van der Waals surface area contributed by atoms with Crippen LogP contribution in [0.2, 0.25) is 0 Å². The quantitative estimate of drug-likeness (QED) is 0.652. The molecular weight excluding hydrogens is 184 g/mol. The molecular formula is C8H14N4S. The van der Waals surface area contributed by atoms with Crippen molar-refractivity contribution < 1.29 is 0 Å². The van der Waals surface area contributed by atoms with E-state index in [1.165, 1.54) is 0 Å². The van der Waals surface area contributed by atoms with Crippen LogP contribution in [-0.2, 0) is 6.42 Å². The number of nitrogen functional groups attached to an aromatic ring is 1. The zero-order valence-electron chi connectivity index (χ0n) is 8.09. The fourth-order valence-corrected chi connectivity index (χ4v) is 1.29. The molecule has 0 aromatic carbocycles. The van der Waals surface area contributed by atoms with Crippen LogP contribution in [0.5, 0.6) is 0 Å². The molecule has 0 saturated carbocycles. The number of anilines is 1. The molecule has 1 aromatic rings. The lowest BCUT2D eigenvalue weighted by molar-refractivity contribution is 0.868. The van der Waals surface area contributed by atoms with Crippen LogP contribution in [0.4, 0.5) is 5.82 Å². The summed E-state index contributed by atoms with van der Waals surface area (Å²) in [5, 5.41) is 7.65. The van der Waals surface area contributed by atoms with Crippen LogP contribution in [0.3, 0.4) is 0 Å². The SMILES string of the molecule is CCc1nn(C(=S)NC)c(N)c1C. The number of nitrogens with zero attached hydrogens (tertiary/aromatic N) is 2. The number of nitrogens with one attached hydrogen (secondary N) is 1. The third-order valence-corrected chi connectivity index (χ3v) is 2.38. The monoisotopic (exact) mass is 198 g/mol. The van der Waals surface area contributed by atoms with Gasteiger partial charge in [0.1, 0.15) is 5.82 Å². The standard InChI is InChI=1S/C8H14N4S/c1-4-6-5(2)7(9)12(11-6)8(13)10-3/h4,9H2,1-3H3,(H,10,13). The summed E-state index contributed by atoms with van der Waals surface area (Å²) in [5.41, 5.74) is 7.84. The number of nitrogens with two attached hydrogens (primary N) is 1.